The van der Waals surface area contributed by atoms with Gasteiger partial charge in [0.2, 0.25) is 5.91 Å². The van der Waals surface area contributed by atoms with E-state index >= 15 is 0 Å². The molecule has 1 rings (SSSR count). The van der Waals surface area contributed by atoms with E-state index in [0.29, 0.717) is 6.54 Å². The monoisotopic (exact) mass is 242 g/mol. The van der Waals surface area contributed by atoms with Crippen molar-refractivity contribution in [1.29, 1.82) is 0 Å². The van der Waals surface area contributed by atoms with Crippen LogP contribution in [0.2, 0.25) is 0 Å². The summed E-state index contributed by atoms with van der Waals surface area (Å²) in [6, 6.07) is -0.329. The highest BCUT2D eigenvalue weighted by molar-refractivity contribution is 5.86. The number of nitrogens with zero attached hydrogens (tertiary/aromatic N) is 2. The number of unbranched alkanes of at least 4 members (excludes halogenated alkanes) is 1. The molecule has 0 saturated carbocycles. The molecule has 0 aromatic heterocycles. The van der Waals surface area contributed by atoms with E-state index in [-0.39, 0.29) is 11.9 Å². The summed E-state index contributed by atoms with van der Waals surface area (Å²) < 4.78 is 4.69. The zero-order chi connectivity index (χ0) is 12.8. The summed E-state index contributed by atoms with van der Waals surface area (Å²) in [4.78, 5) is 26.9. The molecule has 1 unspecified atom stereocenters. The molecule has 1 atom stereocenters. The highest BCUT2D eigenvalue weighted by atomic mass is 16.5. The molecule has 0 aromatic rings. The molecule has 1 fully saturated rings. The van der Waals surface area contributed by atoms with Gasteiger partial charge in [0.15, 0.2) is 0 Å². The zero-order valence-corrected chi connectivity index (χ0v) is 10.9. The average molecular weight is 242 g/mol. The lowest BCUT2D eigenvalue weighted by atomic mass is 10.2. The normalized spacial score (nSPS) is 19.2. The summed E-state index contributed by atoms with van der Waals surface area (Å²) in [6.07, 6.45) is 3.26. The Morgan fingerprint density at radius 1 is 1.47 bits per heavy atom. The second-order valence-corrected chi connectivity index (χ2v) is 4.43. The number of likely N-dealkylation sites (N-methyl/N-ethyl adjacent to an activating group) is 1. The first kappa shape index (κ1) is 13.8. The van der Waals surface area contributed by atoms with Crippen LogP contribution in [0.4, 0.5) is 4.79 Å². The fraction of sp³-hybridized carbons (Fsp3) is 0.833. The lowest BCUT2D eigenvalue weighted by Crippen LogP contribution is -2.46. The van der Waals surface area contributed by atoms with Crippen LogP contribution in [0.15, 0.2) is 0 Å². The number of carbonyl (C=O) groups is 2. The van der Waals surface area contributed by atoms with Gasteiger partial charge in [-0.15, -0.1) is 0 Å². The van der Waals surface area contributed by atoms with Gasteiger partial charge in [-0.3, -0.25) is 9.69 Å². The Kier molecular flexibility index (Phi) is 5.25. The van der Waals surface area contributed by atoms with E-state index in [0.717, 1.165) is 32.2 Å². The topological polar surface area (TPSA) is 49.9 Å². The van der Waals surface area contributed by atoms with Gasteiger partial charge in [-0.1, -0.05) is 13.3 Å². The van der Waals surface area contributed by atoms with E-state index in [2.05, 4.69) is 6.92 Å². The van der Waals surface area contributed by atoms with Crippen LogP contribution >= 0.6 is 0 Å². The number of rotatable bonds is 4. The predicted octanol–water partition coefficient (Wildman–Crippen LogP) is 1.48. The third-order valence-electron chi connectivity index (χ3n) is 3.17. The molecule has 0 aromatic carbocycles. The van der Waals surface area contributed by atoms with E-state index in [1.54, 1.807) is 11.9 Å². The Labute approximate surface area is 103 Å². The van der Waals surface area contributed by atoms with Crippen molar-refractivity contribution >= 4 is 12.0 Å². The summed E-state index contributed by atoms with van der Waals surface area (Å²) in [5, 5.41) is 0. The molecule has 1 saturated heterocycles. The molecule has 0 bridgehead atoms. The lowest BCUT2D eigenvalue weighted by Gasteiger charge is -2.26. The zero-order valence-electron chi connectivity index (χ0n) is 10.9. The molecule has 2 amide bonds. The summed E-state index contributed by atoms with van der Waals surface area (Å²) in [5.74, 6) is 0.0290. The quantitative estimate of drug-likeness (QED) is 0.750. The highest BCUT2D eigenvalue weighted by Crippen LogP contribution is 2.19. The van der Waals surface area contributed by atoms with Crippen molar-refractivity contribution in [3.8, 4) is 0 Å². The lowest BCUT2D eigenvalue weighted by molar-refractivity contribution is -0.134. The number of likely N-dealkylation sites (tertiary alicyclic amines) is 1. The van der Waals surface area contributed by atoms with Crippen molar-refractivity contribution < 1.29 is 14.3 Å². The number of amides is 2. The molecule has 0 radical (unpaired) electrons. The van der Waals surface area contributed by atoms with Crippen LogP contribution in [0, 0.1) is 0 Å². The molecule has 1 heterocycles. The second kappa shape index (κ2) is 6.47. The van der Waals surface area contributed by atoms with Gasteiger partial charge < -0.3 is 9.64 Å². The van der Waals surface area contributed by atoms with Gasteiger partial charge in [0.25, 0.3) is 0 Å². The number of ether oxygens (including phenoxy) is 1. The fourth-order valence-corrected chi connectivity index (χ4v) is 2.12. The van der Waals surface area contributed by atoms with Crippen LogP contribution in [0.3, 0.4) is 0 Å². The minimum absolute atomic E-state index is 0.0290. The van der Waals surface area contributed by atoms with Crippen LogP contribution in [0.1, 0.15) is 32.6 Å². The molecule has 1 aliphatic rings. The van der Waals surface area contributed by atoms with Gasteiger partial charge in [0, 0.05) is 20.1 Å². The minimum atomic E-state index is -0.398. The second-order valence-electron chi connectivity index (χ2n) is 4.43. The van der Waals surface area contributed by atoms with Crippen LogP contribution in [0.5, 0.6) is 0 Å². The van der Waals surface area contributed by atoms with E-state index in [9.17, 15) is 9.59 Å². The Hall–Kier alpha value is -1.26. The minimum Gasteiger partial charge on any atom is -0.453 e. The molecule has 0 N–H and O–H groups in total. The Bertz CT molecular complexity index is 281. The van der Waals surface area contributed by atoms with Crippen LogP contribution in [-0.2, 0) is 9.53 Å². The number of methoxy groups -OCH3 is 1. The van der Waals surface area contributed by atoms with Crippen LogP contribution in [0.25, 0.3) is 0 Å². The van der Waals surface area contributed by atoms with Gasteiger partial charge in [-0.2, -0.15) is 0 Å². The van der Waals surface area contributed by atoms with Crippen LogP contribution in [-0.4, -0.2) is 55.1 Å². The smallest absolute Gasteiger partial charge is 0.410 e. The summed E-state index contributed by atoms with van der Waals surface area (Å²) in [7, 11) is 3.15. The Morgan fingerprint density at radius 3 is 2.76 bits per heavy atom. The van der Waals surface area contributed by atoms with Gasteiger partial charge in [-0.25, -0.2) is 4.79 Å². The summed E-state index contributed by atoms with van der Waals surface area (Å²) in [6.45, 7) is 3.46. The van der Waals surface area contributed by atoms with Crippen molar-refractivity contribution in [3.05, 3.63) is 0 Å². The average Bonchev–Trinajstić information content (AvgIpc) is 2.82. The number of hydrogen-bond acceptors (Lipinski definition) is 3. The summed E-state index contributed by atoms with van der Waals surface area (Å²) in [5.41, 5.74) is 0. The third kappa shape index (κ3) is 3.35. The molecule has 98 valence electrons. The molecular weight excluding hydrogens is 220 g/mol. The first-order valence-corrected chi connectivity index (χ1v) is 6.21. The molecule has 17 heavy (non-hydrogen) atoms. The van der Waals surface area contributed by atoms with E-state index in [1.165, 1.54) is 12.0 Å². The Morgan fingerprint density at radius 2 is 2.18 bits per heavy atom. The third-order valence-corrected chi connectivity index (χ3v) is 3.17. The maximum atomic E-state index is 12.2. The van der Waals surface area contributed by atoms with Gasteiger partial charge in [0.1, 0.15) is 6.04 Å². The maximum Gasteiger partial charge on any atom is 0.410 e. The van der Waals surface area contributed by atoms with Crippen molar-refractivity contribution in [2.75, 3.05) is 27.2 Å². The summed E-state index contributed by atoms with van der Waals surface area (Å²) >= 11 is 0. The molecule has 0 spiro atoms. The van der Waals surface area contributed by atoms with Crippen molar-refractivity contribution in [2.45, 2.75) is 38.6 Å². The maximum absolute atomic E-state index is 12.2. The standard InChI is InChI=1S/C12H22N2O3/c1-4-5-8-13(2)11(15)10-7-6-9-14(10)12(16)17-3/h10H,4-9H2,1-3H3. The van der Waals surface area contributed by atoms with Crippen molar-refractivity contribution in [2.24, 2.45) is 0 Å². The first-order valence-electron chi connectivity index (χ1n) is 6.21. The molecular formula is C12H22N2O3. The van der Waals surface area contributed by atoms with Gasteiger partial charge in [-0.05, 0) is 19.3 Å². The molecule has 1 aliphatic heterocycles. The van der Waals surface area contributed by atoms with E-state index in [1.807, 2.05) is 0 Å². The molecule has 5 heteroatoms. The number of carbonyl (C=O) groups excluding carboxylic acids is 2. The van der Waals surface area contributed by atoms with Crippen LogP contribution < -0.4 is 0 Å². The van der Waals surface area contributed by atoms with Gasteiger partial charge in [0.05, 0.1) is 7.11 Å². The Balaban J connectivity index is 2.58. The van der Waals surface area contributed by atoms with E-state index < -0.39 is 6.09 Å². The number of hydrogen-bond donors (Lipinski definition) is 0. The molecule has 5 nitrogen and oxygen atoms in total. The SMILES string of the molecule is CCCCN(C)C(=O)C1CCCN1C(=O)OC. The van der Waals surface area contributed by atoms with Gasteiger partial charge >= 0.3 is 6.09 Å². The van der Waals surface area contributed by atoms with Crippen molar-refractivity contribution in [3.63, 3.8) is 0 Å². The molecule has 0 aliphatic carbocycles. The van der Waals surface area contributed by atoms with Crippen molar-refractivity contribution in [1.82, 2.24) is 9.80 Å². The predicted molar refractivity (Wildman–Crippen MR) is 64.7 cm³/mol. The first-order chi connectivity index (χ1) is 8.11. The largest absolute Gasteiger partial charge is 0.453 e. The highest BCUT2D eigenvalue weighted by Gasteiger charge is 2.35. The fourth-order valence-electron chi connectivity index (χ4n) is 2.12. The van der Waals surface area contributed by atoms with E-state index in [4.69, 9.17) is 4.74 Å².